The lowest BCUT2D eigenvalue weighted by Crippen LogP contribution is -2.16. The monoisotopic (exact) mass is 299 g/mol. The number of halogens is 1. The van der Waals surface area contributed by atoms with Gasteiger partial charge in [0.25, 0.3) is 0 Å². The third-order valence-corrected chi connectivity index (χ3v) is 3.06. The largest absolute Gasteiger partial charge is 0.463 e. The lowest BCUT2D eigenvalue weighted by atomic mass is 10.2. The van der Waals surface area contributed by atoms with Crippen LogP contribution in [0.3, 0.4) is 0 Å². The van der Waals surface area contributed by atoms with E-state index in [1.165, 1.54) is 7.11 Å². The van der Waals surface area contributed by atoms with Gasteiger partial charge >= 0.3 is 5.97 Å². The van der Waals surface area contributed by atoms with Crippen molar-refractivity contribution in [3.8, 4) is 0 Å². The van der Waals surface area contributed by atoms with E-state index in [2.05, 4.69) is 5.32 Å². The van der Waals surface area contributed by atoms with E-state index in [4.69, 9.17) is 21.1 Å². The highest BCUT2D eigenvalue weighted by molar-refractivity contribution is 6.31. The molecule has 1 amide bonds. The van der Waals surface area contributed by atoms with Gasteiger partial charge in [-0.25, -0.2) is 0 Å². The molecular formula is C14H18ClNO4. The number of nitrogens with one attached hydrogen (secondary N) is 1. The molecule has 0 spiro atoms. The summed E-state index contributed by atoms with van der Waals surface area (Å²) in [6, 6.07) is 5.26. The third kappa shape index (κ3) is 5.59. The summed E-state index contributed by atoms with van der Waals surface area (Å²) in [6.45, 7) is 2.36. The third-order valence-electron chi connectivity index (χ3n) is 2.65. The van der Waals surface area contributed by atoms with Crippen molar-refractivity contribution in [2.45, 2.75) is 19.8 Å². The van der Waals surface area contributed by atoms with Gasteiger partial charge in [-0.1, -0.05) is 17.7 Å². The fraction of sp³-hybridized carbons (Fsp3) is 0.429. The highest BCUT2D eigenvalue weighted by atomic mass is 35.5. The van der Waals surface area contributed by atoms with Gasteiger partial charge in [0.05, 0.1) is 13.0 Å². The van der Waals surface area contributed by atoms with Crippen LogP contribution < -0.4 is 5.32 Å². The van der Waals surface area contributed by atoms with Gasteiger partial charge in [-0.05, 0) is 24.6 Å². The number of rotatable bonds is 7. The van der Waals surface area contributed by atoms with E-state index in [0.29, 0.717) is 17.3 Å². The molecule has 0 saturated heterocycles. The molecule has 0 atom stereocenters. The Bertz CT molecular complexity index is 476. The summed E-state index contributed by atoms with van der Waals surface area (Å²) in [5.41, 5.74) is 1.44. The molecule has 0 saturated carbocycles. The van der Waals surface area contributed by atoms with E-state index in [9.17, 15) is 9.59 Å². The highest BCUT2D eigenvalue weighted by Gasteiger charge is 2.10. The number of amides is 1. The summed E-state index contributed by atoms with van der Waals surface area (Å²) in [5, 5.41) is 3.30. The van der Waals surface area contributed by atoms with Gasteiger partial charge in [-0.2, -0.15) is 0 Å². The summed E-state index contributed by atoms with van der Waals surface area (Å²) in [6.07, 6.45) is 0.104. The summed E-state index contributed by atoms with van der Waals surface area (Å²) < 4.78 is 9.61. The Balaban J connectivity index is 2.37. The smallest absolute Gasteiger partial charge is 0.306 e. The SMILES string of the molecule is COCCOC(=O)CCC(=O)Nc1cccc(Cl)c1C. The van der Waals surface area contributed by atoms with Crippen LogP contribution in [0.15, 0.2) is 18.2 Å². The first kappa shape index (κ1) is 16.5. The Morgan fingerprint density at radius 1 is 1.25 bits per heavy atom. The van der Waals surface area contributed by atoms with E-state index in [1.807, 2.05) is 6.92 Å². The van der Waals surface area contributed by atoms with Crippen molar-refractivity contribution < 1.29 is 19.1 Å². The quantitative estimate of drug-likeness (QED) is 0.621. The van der Waals surface area contributed by atoms with Crippen LogP contribution in [-0.4, -0.2) is 32.2 Å². The lowest BCUT2D eigenvalue weighted by molar-refractivity contribution is -0.145. The van der Waals surface area contributed by atoms with E-state index in [0.717, 1.165) is 5.56 Å². The van der Waals surface area contributed by atoms with Crippen molar-refractivity contribution in [3.05, 3.63) is 28.8 Å². The maximum Gasteiger partial charge on any atom is 0.306 e. The fourth-order valence-electron chi connectivity index (χ4n) is 1.48. The molecule has 0 unspecified atom stereocenters. The zero-order valence-corrected chi connectivity index (χ0v) is 12.3. The van der Waals surface area contributed by atoms with Crippen molar-refractivity contribution in [1.29, 1.82) is 0 Å². The molecule has 1 N–H and O–H groups in total. The van der Waals surface area contributed by atoms with Crippen LogP contribution >= 0.6 is 11.6 Å². The number of anilines is 1. The van der Waals surface area contributed by atoms with E-state index >= 15 is 0 Å². The number of hydrogen-bond donors (Lipinski definition) is 1. The molecule has 1 rings (SSSR count). The number of methoxy groups -OCH3 is 1. The molecule has 0 bridgehead atoms. The molecule has 0 radical (unpaired) electrons. The number of benzene rings is 1. The van der Waals surface area contributed by atoms with Gasteiger partial charge in [0, 0.05) is 24.2 Å². The molecule has 0 heterocycles. The first-order chi connectivity index (χ1) is 9.54. The van der Waals surface area contributed by atoms with Crippen molar-refractivity contribution in [1.82, 2.24) is 0 Å². The molecule has 0 aliphatic rings. The minimum atomic E-state index is -0.417. The Labute approximate surface area is 123 Å². The second-order valence-corrected chi connectivity index (χ2v) is 4.58. The molecule has 0 aliphatic heterocycles. The number of ether oxygens (including phenoxy) is 2. The maximum absolute atomic E-state index is 11.7. The maximum atomic E-state index is 11.7. The van der Waals surface area contributed by atoms with Crippen LogP contribution in [0.1, 0.15) is 18.4 Å². The number of hydrogen-bond acceptors (Lipinski definition) is 4. The zero-order chi connectivity index (χ0) is 15.0. The Morgan fingerprint density at radius 3 is 2.70 bits per heavy atom. The number of esters is 1. The molecule has 1 aromatic carbocycles. The second-order valence-electron chi connectivity index (χ2n) is 4.17. The van der Waals surface area contributed by atoms with Crippen LogP contribution in [0.5, 0.6) is 0 Å². The molecule has 1 aromatic rings. The van der Waals surface area contributed by atoms with Crippen LogP contribution in [-0.2, 0) is 19.1 Å². The average molecular weight is 300 g/mol. The second kappa shape index (κ2) is 8.55. The Hall–Kier alpha value is -1.59. The molecule has 0 aromatic heterocycles. The van der Waals surface area contributed by atoms with E-state index < -0.39 is 5.97 Å². The van der Waals surface area contributed by atoms with Crippen molar-refractivity contribution in [3.63, 3.8) is 0 Å². The van der Waals surface area contributed by atoms with Gasteiger partial charge in [-0.3, -0.25) is 9.59 Å². The Kier molecular flexibility index (Phi) is 7.04. The number of carbonyl (C=O) groups excluding carboxylic acids is 2. The molecule has 5 nitrogen and oxygen atoms in total. The van der Waals surface area contributed by atoms with Crippen LogP contribution in [0.2, 0.25) is 5.02 Å². The summed E-state index contributed by atoms with van der Waals surface area (Å²) in [5.74, 6) is -0.668. The first-order valence-corrected chi connectivity index (χ1v) is 6.62. The average Bonchev–Trinajstić information content (AvgIpc) is 2.42. The predicted octanol–water partition coefficient (Wildman–Crippen LogP) is 2.56. The fourth-order valence-corrected chi connectivity index (χ4v) is 1.66. The zero-order valence-electron chi connectivity index (χ0n) is 11.6. The summed E-state index contributed by atoms with van der Waals surface area (Å²) >= 11 is 5.96. The van der Waals surface area contributed by atoms with Gasteiger partial charge in [0.1, 0.15) is 6.61 Å². The van der Waals surface area contributed by atoms with Crippen molar-refractivity contribution in [2.75, 3.05) is 25.6 Å². The molecule has 0 fully saturated rings. The predicted molar refractivity (Wildman–Crippen MR) is 76.9 cm³/mol. The minimum absolute atomic E-state index is 0.0369. The van der Waals surface area contributed by atoms with Crippen LogP contribution in [0.25, 0.3) is 0 Å². The van der Waals surface area contributed by atoms with Gasteiger partial charge in [0.15, 0.2) is 0 Å². The van der Waals surface area contributed by atoms with Crippen molar-refractivity contribution >= 4 is 29.2 Å². The van der Waals surface area contributed by atoms with Crippen LogP contribution in [0.4, 0.5) is 5.69 Å². The normalized spacial score (nSPS) is 10.2. The van der Waals surface area contributed by atoms with Gasteiger partial charge in [0.2, 0.25) is 5.91 Å². The summed E-state index contributed by atoms with van der Waals surface area (Å²) in [7, 11) is 1.52. The van der Waals surface area contributed by atoms with E-state index in [-0.39, 0.29) is 25.4 Å². The topological polar surface area (TPSA) is 64.6 Å². The first-order valence-electron chi connectivity index (χ1n) is 6.24. The summed E-state index contributed by atoms with van der Waals surface area (Å²) in [4.78, 5) is 23.0. The van der Waals surface area contributed by atoms with Gasteiger partial charge < -0.3 is 14.8 Å². The molecule has 110 valence electrons. The van der Waals surface area contributed by atoms with Crippen LogP contribution in [0, 0.1) is 6.92 Å². The lowest BCUT2D eigenvalue weighted by Gasteiger charge is -2.09. The van der Waals surface area contributed by atoms with E-state index in [1.54, 1.807) is 18.2 Å². The highest BCUT2D eigenvalue weighted by Crippen LogP contribution is 2.23. The molecule has 20 heavy (non-hydrogen) atoms. The van der Waals surface area contributed by atoms with Crippen molar-refractivity contribution in [2.24, 2.45) is 0 Å². The number of carbonyl (C=O) groups is 2. The standard InChI is InChI=1S/C14H18ClNO4/c1-10-11(15)4-3-5-12(10)16-13(17)6-7-14(18)20-9-8-19-2/h3-5H,6-9H2,1-2H3,(H,16,17). The molecule has 6 heteroatoms. The molecular weight excluding hydrogens is 282 g/mol. The Morgan fingerprint density at radius 2 is 2.00 bits per heavy atom. The molecule has 0 aliphatic carbocycles. The van der Waals surface area contributed by atoms with Gasteiger partial charge in [-0.15, -0.1) is 0 Å². The minimum Gasteiger partial charge on any atom is -0.463 e.